The summed E-state index contributed by atoms with van der Waals surface area (Å²) in [5.74, 6) is 0. The molecule has 0 atom stereocenters. The van der Waals surface area contributed by atoms with E-state index >= 15 is 0 Å². The van der Waals surface area contributed by atoms with E-state index in [-0.39, 0.29) is 0 Å². The summed E-state index contributed by atoms with van der Waals surface area (Å²) in [5.41, 5.74) is 2.22. The summed E-state index contributed by atoms with van der Waals surface area (Å²) in [6.07, 6.45) is 1.63. The van der Waals surface area contributed by atoms with Crippen LogP contribution in [0, 0.1) is 0 Å². The molecule has 2 N–H and O–H groups in total. The summed E-state index contributed by atoms with van der Waals surface area (Å²) in [6, 6.07) is 9.40. The molecule has 0 spiro atoms. The fourth-order valence-electron chi connectivity index (χ4n) is 0.837. The van der Waals surface area contributed by atoms with E-state index in [1.54, 1.807) is 6.08 Å². The molecule has 3 nitrogen and oxygen atoms in total. The Kier molecular flexibility index (Phi) is 3.38. The summed E-state index contributed by atoms with van der Waals surface area (Å²) in [6.45, 7) is 0. The molecule has 0 fully saturated rings. The molecule has 4 heteroatoms. The number of hydrogen-bond donors (Lipinski definition) is 2. The zero-order chi connectivity index (χ0) is 9.73. The summed E-state index contributed by atoms with van der Waals surface area (Å²) in [4.78, 5) is 18.3. The molecule has 13 heavy (non-hydrogen) atoms. The lowest BCUT2D eigenvalue weighted by Gasteiger charge is -2.08. The molecule has 0 bridgehead atoms. The van der Waals surface area contributed by atoms with Crippen LogP contribution in [0.5, 0.6) is 0 Å². The minimum absolute atomic E-state index is 0.916. The van der Waals surface area contributed by atoms with Gasteiger partial charge in [0.25, 0.3) is 0 Å². The Hall–Kier alpha value is -0.943. The molecule has 0 radical (unpaired) electrons. The van der Waals surface area contributed by atoms with E-state index in [1.807, 2.05) is 30.3 Å². The molecular formula is C9H12O3Si. The Morgan fingerprint density at radius 3 is 2.38 bits per heavy atom. The smallest absolute Gasteiger partial charge is 0.387 e. The quantitative estimate of drug-likeness (QED) is 0.703. The Bertz CT molecular complexity index is 282. The maximum atomic E-state index is 9.17. The van der Waals surface area contributed by atoms with Gasteiger partial charge in [0.1, 0.15) is 0 Å². The van der Waals surface area contributed by atoms with E-state index in [0.29, 0.717) is 0 Å². The van der Waals surface area contributed by atoms with E-state index < -0.39 is 8.80 Å². The van der Waals surface area contributed by atoms with Crippen LogP contribution in [0.25, 0.3) is 6.08 Å². The summed E-state index contributed by atoms with van der Waals surface area (Å²) in [5, 5.41) is 0. The van der Waals surface area contributed by atoms with Crippen LogP contribution < -0.4 is 0 Å². The van der Waals surface area contributed by atoms with Crippen LogP contribution in [0.2, 0.25) is 0 Å². The lowest BCUT2D eigenvalue weighted by Crippen LogP contribution is -2.35. The SMILES string of the molecule is CO[Si](O)(O)C=Cc1ccccc1. The predicted octanol–water partition coefficient (Wildman–Crippen LogP) is 0.809. The van der Waals surface area contributed by atoms with Crippen molar-refractivity contribution in [1.29, 1.82) is 0 Å². The standard InChI is InChI=1S/C9H12O3Si/c1-12-13(10,11)8-7-9-5-3-2-4-6-9/h2-8,10-11H,1H3. The topological polar surface area (TPSA) is 49.7 Å². The van der Waals surface area contributed by atoms with Gasteiger partial charge in [-0.25, -0.2) is 0 Å². The molecule has 1 rings (SSSR count). The van der Waals surface area contributed by atoms with Crippen molar-refractivity contribution in [2.24, 2.45) is 0 Å². The normalized spacial score (nSPS) is 12.2. The second-order valence-corrected chi connectivity index (χ2v) is 4.67. The third-order valence-corrected chi connectivity index (χ3v) is 2.79. The summed E-state index contributed by atoms with van der Waals surface area (Å²) < 4.78 is 4.52. The van der Waals surface area contributed by atoms with Gasteiger partial charge < -0.3 is 14.0 Å². The molecular weight excluding hydrogens is 184 g/mol. The molecule has 70 valence electrons. The van der Waals surface area contributed by atoms with Crippen LogP contribution >= 0.6 is 0 Å². The van der Waals surface area contributed by atoms with Crippen LogP contribution in [0.3, 0.4) is 0 Å². The first kappa shape index (κ1) is 10.1. The van der Waals surface area contributed by atoms with Gasteiger partial charge in [0.15, 0.2) is 0 Å². The van der Waals surface area contributed by atoms with Crippen molar-refractivity contribution in [3.63, 3.8) is 0 Å². The maximum Gasteiger partial charge on any atom is 0.523 e. The third kappa shape index (κ3) is 3.52. The first-order chi connectivity index (χ1) is 6.14. The van der Waals surface area contributed by atoms with Gasteiger partial charge in [-0.2, -0.15) is 0 Å². The fraction of sp³-hybridized carbons (Fsp3) is 0.111. The number of benzene rings is 1. The van der Waals surface area contributed by atoms with Gasteiger partial charge in [0, 0.05) is 7.11 Å². The van der Waals surface area contributed by atoms with Gasteiger partial charge in [-0.3, -0.25) is 0 Å². The minimum atomic E-state index is -3.54. The average Bonchev–Trinajstić information content (AvgIpc) is 2.17. The van der Waals surface area contributed by atoms with Gasteiger partial charge >= 0.3 is 8.80 Å². The van der Waals surface area contributed by atoms with Gasteiger partial charge in [0.2, 0.25) is 0 Å². The second kappa shape index (κ2) is 4.34. The van der Waals surface area contributed by atoms with E-state index in [9.17, 15) is 0 Å². The first-order valence-corrected chi connectivity index (χ1v) is 5.76. The van der Waals surface area contributed by atoms with E-state index in [1.165, 1.54) is 12.8 Å². The molecule has 0 saturated heterocycles. The highest BCUT2D eigenvalue weighted by molar-refractivity contribution is 6.64. The highest BCUT2D eigenvalue weighted by Crippen LogP contribution is 2.04. The first-order valence-electron chi connectivity index (χ1n) is 3.88. The molecule has 0 unspecified atom stereocenters. The molecule has 0 aliphatic rings. The van der Waals surface area contributed by atoms with Crippen molar-refractivity contribution in [2.75, 3.05) is 7.11 Å². The monoisotopic (exact) mass is 196 g/mol. The van der Waals surface area contributed by atoms with Crippen molar-refractivity contribution in [3.05, 3.63) is 41.6 Å². The second-order valence-electron chi connectivity index (χ2n) is 2.61. The largest absolute Gasteiger partial charge is 0.523 e. The van der Waals surface area contributed by atoms with Crippen LogP contribution in [0.1, 0.15) is 5.56 Å². The Morgan fingerprint density at radius 1 is 1.23 bits per heavy atom. The molecule has 0 aromatic heterocycles. The zero-order valence-electron chi connectivity index (χ0n) is 7.34. The number of hydrogen-bond acceptors (Lipinski definition) is 3. The highest BCUT2D eigenvalue weighted by atomic mass is 28.4. The van der Waals surface area contributed by atoms with E-state index in [0.717, 1.165) is 5.56 Å². The fourth-order valence-corrected chi connectivity index (χ4v) is 1.38. The third-order valence-electron chi connectivity index (χ3n) is 1.59. The molecule has 0 saturated carbocycles. The molecule has 0 heterocycles. The average molecular weight is 196 g/mol. The Balaban J connectivity index is 2.69. The maximum absolute atomic E-state index is 9.17. The summed E-state index contributed by atoms with van der Waals surface area (Å²) >= 11 is 0. The van der Waals surface area contributed by atoms with Gasteiger partial charge in [-0.1, -0.05) is 36.4 Å². The lowest BCUT2D eigenvalue weighted by atomic mass is 10.2. The van der Waals surface area contributed by atoms with Crippen LogP contribution in [-0.2, 0) is 4.43 Å². The Morgan fingerprint density at radius 2 is 1.85 bits per heavy atom. The van der Waals surface area contributed by atoms with Crippen LogP contribution in [-0.4, -0.2) is 25.5 Å². The van der Waals surface area contributed by atoms with Crippen molar-refractivity contribution >= 4 is 14.9 Å². The van der Waals surface area contributed by atoms with Crippen LogP contribution in [0.4, 0.5) is 0 Å². The predicted molar refractivity (Wildman–Crippen MR) is 52.7 cm³/mol. The van der Waals surface area contributed by atoms with E-state index in [2.05, 4.69) is 4.43 Å². The zero-order valence-corrected chi connectivity index (χ0v) is 8.34. The van der Waals surface area contributed by atoms with Crippen LogP contribution in [0.15, 0.2) is 36.0 Å². The van der Waals surface area contributed by atoms with Crippen molar-refractivity contribution < 1.29 is 14.0 Å². The Labute approximate surface area is 78.3 Å². The minimum Gasteiger partial charge on any atom is -0.387 e. The molecule has 0 aliphatic heterocycles. The highest BCUT2D eigenvalue weighted by Gasteiger charge is 2.25. The van der Waals surface area contributed by atoms with Gasteiger partial charge in [-0.15, -0.1) is 0 Å². The van der Waals surface area contributed by atoms with Crippen molar-refractivity contribution in [2.45, 2.75) is 0 Å². The van der Waals surface area contributed by atoms with E-state index in [4.69, 9.17) is 9.59 Å². The molecule has 1 aromatic carbocycles. The van der Waals surface area contributed by atoms with Gasteiger partial charge in [-0.05, 0) is 11.3 Å². The number of rotatable bonds is 3. The molecule has 0 aliphatic carbocycles. The molecule has 0 amide bonds. The van der Waals surface area contributed by atoms with Crippen molar-refractivity contribution in [1.82, 2.24) is 0 Å². The van der Waals surface area contributed by atoms with Gasteiger partial charge in [0.05, 0.1) is 0 Å². The van der Waals surface area contributed by atoms with Crippen molar-refractivity contribution in [3.8, 4) is 0 Å². The lowest BCUT2D eigenvalue weighted by molar-refractivity contribution is 0.202. The summed E-state index contributed by atoms with van der Waals surface area (Å²) in [7, 11) is -2.26. The molecule has 1 aromatic rings.